The lowest BCUT2D eigenvalue weighted by Gasteiger charge is -1.94. The average Bonchev–Trinajstić information content (AvgIpc) is 2.15. The second-order valence-electron chi connectivity index (χ2n) is 2.07. The van der Waals surface area contributed by atoms with Crippen molar-refractivity contribution < 1.29 is 0 Å². The number of rotatable bonds is 3. The van der Waals surface area contributed by atoms with Gasteiger partial charge in [0.15, 0.2) is 0 Å². The second-order valence-corrected chi connectivity index (χ2v) is 2.07. The predicted molar refractivity (Wildman–Crippen MR) is 58.0 cm³/mol. The molecule has 0 aliphatic rings. The molecule has 0 saturated heterocycles. The van der Waals surface area contributed by atoms with Crippen LogP contribution in [0.4, 0.5) is 0 Å². The number of hydrogen-bond donors (Lipinski definition) is 0. The van der Waals surface area contributed by atoms with Crippen LogP contribution in [0.3, 0.4) is 0 Å². The molecule has 0 rings (SSSR count). The van der Waals surface area contributed by atoms with Gasteiger partial charge < -0.3 is 0 Å². The van der Waals surface area contributed by atoms with Gasteiger partial charge >= 0.3 is 0 Å². The molecule has 0 spiro atoms. The van der Waals surface area contributed by atoms with E-state index in [9.17, 15) is 0 Å². The van der Waals surface area contributed by atoms with Crippen LogP contribution in [0.25, 0.3) is 0 Å². The fourth-order valence-electron chi connectivity index (χ4n) is 0.754. The molecule has 68 valence electrons. The van der Waals surface area contributed by atoms with Crippen LogP contribution in [-0.4, -0.2) is 0 Å². The molecule has 0 nitrogen and oxygen atoms in total. The summed E-state index contributed by atoms with van der Waals surface area (Å²) >= 11 is 0. The summed E-state index contributed by atoms with van der Waals surface area (Å²) in [4.78, 5) is 0. The first-order valence-electron chi connectivity index (χ1n) is 4.56. The van der Waals surface area contributed by atoms with Gasteiger partial charge in [0, 0.05) is 6.42 Å². The van der Waals surface area contributed by atoms with Crippen LogP contribution < -0.4 is 0 Å². The van der Waals surface area contributed by atoms with E-state index in [1.54, 1.807) is 0 Å². The minimum atomic E-state index is 0.837. The molecule has 0 heteroatoms. The van der Waals surface area contributed by atoms with Crippen molar-refractivity contribution in [2.45, 2.75) is 40.5 Å². The molecule has 0 bridgehead atoms. The van der Waals surface area contributed by atoms with Gasteiger partial charge in [0.05, 0.1) is 0 Å². The molecule has 0 amide bonds. The van der Waals surface area contributed by atoms with Crippen molar-refractivity contribution in [3.8, 4) is 12.3 Å². The maximum atomic E-state index is 5.13. The zero-order valence-corrected chi connectivity index (χ0v) is 8.72. The standard InChI is InChI=1S/C10H14.C2H6/c1-4-7-9-10(6-3)8-5-2;1-2/h1,5-6,8H,7,9H2,2-3H3;1-2H3/b8-5-,10-6+;. The number of hydrogen-bond acceptors (Lipinski definition) is 0. The van der Waals surface area contributed by atoms with E-state index in [-0.39, 0.29) is 0 Å². The summed E-state index contributed by atoms with van der Waals surface area (Å²) in [5.41, 5.74) is 1.32. The van der Waals surface area contributed by atoms with Gasteiger partial charge in [-0.15, -0.1) is 12.3 Å². The smallest absolute Gasteiger partial charge is 0.0126 e. The van der Waals surface area contributed by atoms with Gasteiger partial charge in [-0.3, -0.25) is 0 Å². The van der Waals surface area contributed by atoms with Crippen LogP contribution in [0.1, 0.15) is 40.5 Å². The summed E-state index contributed by atoms with van der Waals surface area (Å²) < 4.78 is 0. The fourth-order valence-corrected chi connectivity index (χ4v) is 0.754. The number of allylic oxidation sites excluding steroid dienone is 4. The van der Waals surface area contributed by atoms with E-state index in [1.807, 2.05) is 33.8 Å². The normalized spacial score (nSPS) is 10.4. The highest BCUT2D eigenvalue weighted by molar-refractivity contribution is 5.18. The molecule has 0 atom stereocenters. The minimum Gasteiger partial charge on any atom is -0.120 e. The van der Waals surface area contributed by atoms with Gasteiger partial charge in [-0.25, -0.2) is 0 Å². The first-order valence-corrected chi connectivity index (χ1v) is 4.56. The second kappa shape index (κ2) is 12.7. The van der Waals surface area contributed by atoms with E-state index in [1.165, 1.54) is 5.57 Å². The van der Waals surface area contributed by atoms with E-state index in [0.29, 0.717) is 0 Å². The Bertz CT molecular complexity index is 165. The van der Waals surface area contributed by atoms with E-state index in [0.717, 1.165) is 12.8 Å². The van der Waals surface area contributed by atoms with Gasteiger partial charge in [0.1, 0.15) is 0 Å². The van der Waals surface area contributed by atoms with Gasteiger partial charge in [-0.1, -0.05) is 37.6 Å². The summed E-state index contributed by atoms with van der Waals surface area (Å²) in [6.07, 6.45) is 13.2. The summed E-state index contributed by atoms with van der Waals surface area (Å²) in [6.45, 7) is 8.05. The third kappa shape index (κ3) is 9.04. The Hall–Kier alpha value is -0.960. The third-order valence-corrected chi connectivity index (χ3v) is 1.31. The Labute approximate surface area is 77.4 Å². The first kappa shape index (κ1) is 13.6. The summed E-state index contributed by atoms with van der Waals surface area (Å²) in [5.74, 6) is 2.62. The highest BCUT2D eigenvalue weighted by Crippen LogP contribution is 2.05. The van der Waals surface area contributed by atoms with Crippen molar-refractivity contribution >= 4 is 0 Å². The minimum absolute atomic E-state index is 0.837. The summed E-state index contributed by atoms with van der Waals surface area (Å²) in [5, 5.41) is 0. The maximum absolute atomic E-state index is 5.13. The molecule has 0 N–H and O–H groups in total. The lowest BCUT2D eigenvalue weighted by atomic mass is 10.1. The Kier molecular flexibility index (Phi) is 14.4. The topological polar surface area (TPSA) is 0 Å². The first-order chi connectivity index (χ1) is 5.85. The Morgan fingerprint density at radius 1 is 1.33 bits per heavy atom. The lowest BCUT2D eigenvalue weighted by molar-refractivity contribution is 1.03. The van der Waals surface area contributed by atoms with Crippen LogP contribution in [0.15, 0.2) is 23.8 Å². The predicted octanol–water partition coefficient (Wildman–Crippen LogP) is 3.95. The van der Waals surface area contributed by atoms with Gasteiger partial charge in [-0.2, -0.15) is 0 Å². The molecule has 0 fully saturated rings. The van der Waals surface area contributed by atoms with E-state index >= 15 is 0 Å². The van der Waals surface area contributed by atoms with Crippen LogP contribution >= 0.6 is 0 Å². The van der Waals surface area contributed by atoms with Crippen molar-refractivity contribution in [1.82, 2.24) is 0 Å². The molecule has 12 heavy (non-hydrogen) atoms. The molecule has 0 saturated carbocycles. The molecule has 0 heterocycles. The monoisotopic (exact) mass is 164 g/mol. The lowest BCUT2D eigenvalue weighted by Crippen LogP contribution is -1.75. The highest BCUT2D eigenvalue weighted by Gasteiger charge is 1.86. The Morgan fingerprint density at radius 2 is 1.92 bits per heavy atom. The SMILES string of the molecule is C#CCCC(/C=C\C)=C/C.CC. The third-order valence-electron chi connectivity index (χ3n) is 1.31. The van der Waals surface area contributed by atoms with Gasteiger partial charge in [-0.05, 0) is 20.3 Å². The molecular weight excluding hydrogens is 144 g/mol. The Morgan fingerprint density at radius 3 is 2.25 bits per heavy atom. The van der Waals surface area contributed by atoms with Crippen molar-refractivity contribution in [3.05, 3.63) is 23.8 Å². The largest absolute Gasteiger partial charge is 0.120 e. The average molecular weight is 164 g/mol. The van der Waals surface area contributed by atoms with Crippen molar-refractivity contribution in [1.29, 1.82) is 0 Å². The molecule has 0 aromatic carbocycles. The van der Waals surface area contributed by atoms with E-state index in [2.05, 4.69) is 18.1 Å². The zero-order valence-electron chi connectivity index (χ0n) is 8.72. The quantitative estimate of drug-likeness (QED) is 0.437. The molecular formula is C12H20. The van der Waals surface area contributed by atoms with E-state index < -0.39 is 0 Å². The Balaban J connectivity index is 0. The van der Waals surface area contributed by atoms with Crippen LogP contribution in [0.5, 0.6) is 0 Å². The molecule has 0 unspecified atom stereocenters. The molecule has 0 aromatic rings. The van der Waals surface area contributed by atoms with Crippen LogP contribution in [0.2, 0.25) is 0 Å². The van der Waals surface area contributed by atoms with Crippen LogP contribution in [0, 0.1) is 12.3 Å². The van der Waals surface area contributed by atoms with Crippen molar-refractivity contribution in [3.63, 3.8) is 0 Å². The van der Waals surface area contributed by atoms with Crippen molar-refractivity contribution in [2.75, 3.05) is 0 Å². The highest BCUT2D eigenvalue weighted by atomic mass is 13.9. The molecule has 0 aliphatic heterocycles. The number of terminal acetylenes is 1. The molecule has 0 radical (unpaired) electrons. The van der Waals surface area contributed by atoms with Crippen LogP contribution in [-0.2, 0) is 0 Å². The van der Waals surface area contributed by atoms with E-state index in [4.69, 9.17) is 6.42 Å². The van der Waals surface area contributed by atoms with Gasteiger partial charge in [0.25, 0.3) is 0 Å². The fraction of sp³-hybridized carbons (Fsp3) is 0.500. The maximum Gasteiger partial charge on any atom is 0.0126 e. The van der Waals surface area contributed by atoms with Gasteiger partial charge in [0.2, 0.25) is 0 Å². The molecule has 0 aromatic heterocycles. The summed E-state index contributed by atoms with van der Waals surface area (Å²) in [6, 6.07) is 0. The van der Waals surface area contributed by atoms with Crippen molar-refractivity contribution in [2.24, 2.45) is 0 Å². The zero-order chi connectivity index (χ0) is 9.82. The molecule has 0 aliphatic carbocycles. The summed E-state index contributed by atoms with van der Waals surface area (Å²) in [7, 11) is 0.